The molecule has 0 bridgehead atoms. The van der Waals surface area contributed by atoms with Crippen molar-refractivity contribution in [1.29, 1.82) is 5.26 Å². The van der Waals surface area contributed by atoms with E-state index in [1.807, 2.05) is 60.9 Å². The lowest BCUT2D eigenvalue weighted by Gasteiger charge is -2.13. The first-order valence-corrected chi connectivity index (χ1v) is 11.6. The molecule has 0 spiro atoms. The maximum absolute atomic E-state index is 12.9. The monoisotopic (exact) mass is 476 g/mol. The number of carbonyl (C=O) groups is 1. The minimum atomic E-state index is -0.232. The highest BCUT2D eigenvalue weighted by Gasteiger charge is 2.20. The fraction of sp³-hybridized carbons (Fsp3) is 0.167. The van der Waals surface area contributed by atoms with Crippen LogP contribution >= 0.6 is 23.4 Å². The highest BCUT2D eigenvalue weighted by molar-refractivity contribution is 7.99. The van der Waals surface area contributed by atoms with E-state index in [0.29, 0.717) is 28.1 Å². The highest BCUT2D eigenvalue weighted by atomic mass is 35.5. The molecule has 0 aliphatic heterocycles. The van der Waals surface area contributed by atoms with Crippen molar-refractivity contribution in [1.82, 2.24) is 19.3 Å². The molecule has 2 aromatic carbocycles. The second kappa shape index (κ2) is 9.94. The minimum absolute atomic E-state index is 0.110. The van der Waals surface area contributed by atoms with E-state index in [1.165, 1.54) is 11.8 Å². The van der Waals surface area contributed by atoms with Crippen LogP contribution in [-0.2, 0) is 11.3 Å². The fourth-order valence-electron chi connectivity index (χ4n) is 3.52. The molecule has 2 aromatic heterocycles. The second-order valence-electron chi connectivity index (χ2n) is 7.42. The highest BCUT2D eigenvalue weighted by Crippen LogP contribution is 2.28. The minimum Gasteiger partial charge on any atom is -0.326 e. The summed E-state index contributed by atoms with van der Waals surface area (Å²) in [6.07, 6.45) is 1.58. The van der Waals surface area contributed by atoms with Crippen molar-refractivity contribution in [3.63, 3.8) is 0 Å². The van der Waals surface area contributed by atoms with Crippen molar-refractivity contribution in [3.05, 3.63) is 88.3 Å². The summed E-state index contributed by atoms with van der Waals surface area (Å²) >= 11 is 7.35. The Hall–Kier alpha value is -3.54. The number of nitriles is 1. The van der Waals surface area contributed by atoms with Crippen molar-refractivity contribution in [2.24, 2.45) is 0 Å². The molecule has 0 saturated heterocycles. The van der Waals surface area contributed by atoms with Crippen LogP contribution in [-0.4, -0.2) is 31.0 Å². The van der Waals surface area contributed by atoms with Gasteiger partial charge in [-0.25, -0.2) is 0 Å². The van der Waals surface area contributed by atoms with Gasteiger partial charge in [-0.15, -0.1) is 10.2 Å². The van der Waals surface area contributed by atoms with Gasteiger partial charge in [0.25, 0.3) is 0 Å². The van der Waals surface area contributed by atoms with E-state index in [2.05, 4.69) is 21.6 Å². The molecule has 0 saturated carbocycles. The fourth-order valence-corrected chi connectivity index (χ4v) is 4.43. The van der Waals surface area contributed by atoms with E-state index >= 15 is 0 Å². The lowest BCUT2D eigenvalue weighted by molar-refractivity contribution is -0.113. The smallest absolute Gasteiger partial charge is 0.235 e. The van der Waals surface area contributed by atoms with E-state index in [9.17, 15) is 10.1 Å². The molecule has 9 heteroatoms. The second-order valence-corrected chi connectivity index (χ2v) is 8.80. The van der Waals surface area contributed by atoms with Crippen LogP contribution in [0.25, 0.3) is 5.69 Å². The van der Waals surface area contributed by atoms with E-state index in [1.54, 1.807) is 23.0 Å². The van der Waals surface area contributed by atoms with E-state index < -0.39 is 0 Å². The van der Waals surface area contributed by atoms with Gasteiger partial charge >= 0.3 is 0 Å². The summed E-state index contributed by atoms with van der Waals surface area (Å²) in [6, 6.07) is 19.5. The molecule has 1 amide bonds. The van der Waals surface area contributed by atoms with Gasteiger partial charge in [-0.3, -0.25) is 9.36 Å². The average molecular weight is 477 g/mol. The summed E-state index contributed by atoms with van der Waals surface area (Å²) in [5.74, 6) is 0.390. The zero-order chi connectivity index (χ0) is 23.4. The van der Waals surface area contributed by atoms with Gasteiger partial charge in [0.1, 0.15) is 18.2 Å². The number of aromatic nitrogens is 4. The van der Waals surface area contributed by atoms with Crippen LogP contribution < -0.4 is 5.32 Å². The molecule has 33 heavy (non-hydrogen) atoms. The quantitative estimate of drug-likeness (QED) is 0.379. The Bertz CT molecular complexity index is 1340. The van der Waals surface area contributed by atoms with E-state index in [-0.39, 0.29) is 11.7 Å². The third-order valence-corrected chi connectivity index (χ3v) is 6.50. The molecule has 0 fully saturated rings. The van der Waals surface area contributed by atoms with E-state index in [4.69, 9.17) is 11.6 Å². The van der Waals surface area contributed by atoms with Gasteiger partial charge in [-0.05, 0) is 43.2 Å². The Balaban J connectivity index is 1.52. The number of nitrogens with zero attached hydrogens (tertiary/aromatic N) is 5. The molecular formula is C24H21ClN6OS. The number of anilines is 1. The standard InChI is InChI=1S/C24H21ClN6OS/c1-16-17(2)30(13-18-7-4-3-5-8-18)23(21(16)12-26)28-22(32)14-33-24-29-27-15-31(24)20-10-6-9-19(25)11-20/h3-11,15H,13-14H2,1-2H3,(H,28,32). The lowest BCUT2D eigenvalue weighted by Crippen LogP contribution is -2.19. The molecule has 0 unspecified atom stereocenters. The number of carbonyl (C=O) groups excluding carboxylic acids is 1. The summed E-state index contributed by atoms with van der Waals surface area (Å²) < 4.78 is 3.75. The average Bonchev–Trinajstić information content (AvgIpc) is 3.37. The topological polar surface area (TPSA) is 88.5 Å². The predicted molar refractivity (Wildman–Crippen MR) is 130 cm³/mol. The number of nitrogens with one attached hydrogen (secondary N) is 1. The summed E-state index contributed by atoms with van der Waals surface area (Å²) in [6.45, 7) is 4.41. The zero-order valence-electron chi connectivity index (χ0n) is 18.1. The van der Waals surface area contributed by atoms with Crippen LogP contribution in [0.3, 0.4) is 0 Å². The summed E-state index contributed by atoms with van der Waals surface area (Å²) in [5, 5.41) is 21.9. The van der Waals surface area contributed by atoms with Crippen LogP contribution in [0.4, 0.5) is 5.82 Å². The van der Waals surface area contributed by atoms with Crippen molar-refractivity contribution in [2.45, 2.75) is 25.5 Å². The number of halogens is 1. The predicted octanol–water partition coefficient (Wildman–Crippen LogP) is 4.99. The maximum atomic E-state index is 12.9. The Morgan fingerprint density at radius 3 is 2.70 bits per heavy atom. The van der Waals surface area contributed by atoms with Crippen molar-refractivity contribution < 1.29 is 4.79 Å². The first-order chi connectivity index (χ1) is 16.0. The normalized spacial score (nSPS) is 10.7. The van der Waals surface area contributed by atoms with E-state index in [0.717, 1.165) is 22.5 Å². The first-order valence-electron chi connectivity index (χ1n) is 10.2. The third-order valence-electron chi connectivity index (χ3n) is 5.32. The molecule has 7 nitrogen and oxygen atoms in total. The molecular weight excluding hydrogens is 456 g/mol. The number of thioether (sulfide) groups is 1. The SMILES string of the molecule is Cc1c(C#N)c(NC(=O)CSc2nncn2-c2cccc(Cl)c2)n(Cc2ccccc2)c1C. The number of hydrogen-bond donors (Lipinski definition) is 1. The number of hydrogen-bond acceptors (Lipinski definition) is 5. The lowest BCUT2D eigenvalue weighted by atomic mass is 10.2. The molecule has 0 atom stereocenters. The number of amides is 1. The van der Waals surface area contributed by atoms with Crippen LogP contribution in [0.1, 0.15) is 22.4 Å². The van der Waals surface area contributed by atoms with Crippen LogP contribution in [0, 0.1) is 25.2 Å². The van der Waals surface area contributed by atoms with Crippen LogP contribution in [0.2, 0.25) is 5.02 Å². The van der Waals surface area contributed by atoms with Gasteiger partial charge < -0.3 is 9.88 Å². The summed E-state index contributed by atoms with van der Waals surface area (Å²) in [5.41, 5.74) is 4.17. The maximum Gasteiger partial charge on any atom is 0.235 e. The summed E-state index contributed by atoms with van der Waals surface area (Å²) in [7, 11) is 0. The number of benzene rings is 2. The number of rotatable bonds is 7. The molecule has 166 valence electrons. The Labute approximate surface area is 201 Å². The van der Waals surface area contributed by atoms with Crippen LogP contribution in [0.5, 0.6) is 0 Å². The largest absolute Gasteiger partial charge is 0.326 e. The molecule has 0 radical (unpaired) electrons. The molecule has 4 rings (SSSR count). The molecule has 2 heterocycles. The Morgan fingerprint density at radius 1 is 1.18 bits per heavy atom. The molecule has 0 aliphatic carbocycles. The Morgan fingerprint density at radius 2 is 1.97 bits per heavy atom. The van der Waals surface area contributed by atoms with Crippen molar-refractivity contribution in [2.75, 3.05) is 11.1 Å². The molecule has 4 aromatic rings. The van der Waals surface area contributed by atoms with Crippen LogP contribution in [0.15, 0.2) is 66.1 Å². The zero-order valence-corrected chi connectivity index (χ0v) is 19.7. The van der Waals surface area contributed by atoms with Gasteiger partial charge in [0.2, 0.25) is 5.91 Å². The van der Waals surface area contributed by atoms with Gasteiger partial charge in [-0.2, -0.15) is 5.26 Å². The van der Waals surface area contributed by atoms with Gasteiger partial charge in [-0.1, -0.05) is 59.8 Å². The van der Waals surface area contributed by atoms with Gasteiger partial charge in [0, 0.05) is 17.3 Å². The summed E-state index contributed by atoms with van der Waals surface area (Å²) in [4.78, 5) is 12.9. The first kappa shape index (κ1) is 22.6. The van der Waals surface area contributed by atoms with Gasteiger partial charge in [0.05, 0.1) is 17.0 Å². The molecule has 1 N–H and O–H groups in total. The molecule has 0 aliphatic rings. The third kappa shape index (κ3) is 4.95. The Kier molecular flexibility index (Phi) is 6.82. The van der Waals surface area contributed by atoms with Gasteiger partial charge in [0.15, 0.2) is 5.16 Å². The van der Waals surface area contributed by atoms with Crippen molar-refractivity contribution in [3.8, 4) is 11.8 Å². The van der Waals surface area contributed by atoms with Crippen molar-refractivity contribution >= 4 is 35.1 Å².